The van der Waals surface area contributed by atoms with Gasteiger partial charge < -0.3 is 10.7 Å². The maximum Gasteiger partial charge on any atom is 0.242 e. The molecule has 0 heterocycles. The number of anilines is 1. The SMILES string of the molecule is C=CCNS(=O)(=O)c1ccccc1N[O-]. The Kier molecular flexibility index (Phi) is 3.84. The number of nitrogens with one attached hydrogen (secondary N) is 2. The smallest absolute Gasteiger partial charge is 0.242 e. The average molecular weight is 227 g/mol. The molecule has 1 aromatic carbocycles. The van der Waals surface area contributed by atoms with Gasteiger partial charge in [-0.1, -0.05) is 18.2 Å². The first kappa shape index (κ1) is 11.7. The van der Waals surface area contributed by atoms with Crippen molar-refractivity contribution in [3.63, 3.8) is 0 Å². The van der Waals surface area contributed by atoms with E-state index in [1.165, 1.54) is 18.2 Å². The van der Waals surface area contributed by atoms with E-state index in [-0.39, 0.29) is 17.1 Å². The highest BCUT2D eigenvalue weighted by Crippen LogP contribution is 2.19. The first-order chi connectivity index (χ1) is 7.11. The van der Waals surface area contributed by atoms with Gasteiger partial charge in [-0.25, -0.2) is 13.1 Å². The summed E-state index contributed by atoms with van der Waals surface area (Å²) in [5.41, 5.74) is 1.61. The van der Waals surface area contributed by atoms with E-state index in [1.807, 2.05) is 0 Å². The van der Waals surface area contributed by atoms with Crippen LogP contribution < -0.4 is 10.2 Å². The number of hydrogen-bond acceptors (Lipinski definition) is 4. The van der Waals surface area contributed by atoms with E-state index in [9.17, 15) is 13.6 Å². The van der Waals surface area contributed by atoms with Crippen LogP contribution >= 0.6 is 0 Å². The number of para-hydroxylation sites is 1. The van der Waals surface area contributed by atoms with Gasteiger partial charge in [-0.2, -0.15) is 0 Å². The van der Waals surface area contributed by atoms with Crippen LogP contribution in [0.15, 0.2) is 41.8 Å². The van der Waals surface area contributed by atoms with Crippen molar-refractivity contribution >= 4 is 15.7 Å². The number of rotatable bonds is 5. The summed E-state index contributed by atoms with van der Waals surface area (Å²) in [6, 6.07) is 5.87. The monoisotopic (exact) mass is 227 g/mol. The molecule has 5 nitrogen and oxygen atoms in total. The molecule has 0 saturated heterocycles. The van der Waals surface area contributed by atoms with Crippen LogP contribution in [-0.4, -0.2) is 15.0 Å². The number of benzene rings is 1. The largest absolute Gasteiger partial charge is 0.761 e. The zero-order valence-electron chi connectivity index (χ0n) is 7.93. The minimum Gasteiger partial charge on any atom is -0.761 e. The Hall–Kier alpha value is -1.37. The quantitative estimate of drug-likeness (QED) is 0.582. The van der Waals surface area contributed by atoms with Crippen molar-refractivity contribution in [2.75, 3.05) is 12.0 Å². The van der Waals surface area contributed by atoms with Crippen molar-refractivity contribution in [3.8, 4) is 0 Å². The van der Waals surface area contributed by atoms with Crippen LogP contribution in [-0.2, 0) is 10.0 Å². The molecule has 0 unspecified atom stereocenters. The summed E-state index contributed by atoms with van der Waals surface area (Å²) in [4.78, 5) is -0.0677. The van der Waals surface area contributed by atoms with Crippen molar-refractivity contribution in [1.82, 2.24) is 4.72 Å². The molecular weight excluding hydrogens is 216 g/mol. The molecule has 82 valence electrons. The second-order valence-corrected chi connectivity index (χ2v) is 4.47. The Bertz CT molecular complexity index is 442. The van der Waals surface area contributed by atoms with Crippen molar-refractivity contribution in [2.45, 2.75) is 4.90 Å². The third-order valence-corrected chi connectivity index (χ3v) is 3.19. The van der Waals surface area contributed by atoms with Crippen LogP contribution in [0.4, 0.5) is 5.69 Å². The van der Waals surface area contributed by atoms with Crippen LogP contribution in [0.5, 0.6) is 0 Å². The third kappa shape index (κ3) is 2.79. The fourth-order valence-electron chi connectivity index (χ4n) is 1.03. The van der Waals surface area contributed by atoms with Crippen LogP contribution in [0.3, 0.4) is 0 Å². The summed E-state index contributed by atoms with van der Waals surface area (Å²) in [7, 11) is -3.65. The van der Waals surface area contributed by atoms with E-state index >= 15 is 0 Å². The Labute approximate surface area is 88.4 Å². The Morgan fingerprint density at radius 1 is 1.40 bits per heavy atom. The second kappa shape index (κ2) is 4.92. The Balaban J connectivity index is 3.09. The summed E-state index contributed by atoms with van der Waals surface area (Å²) < 4.78 is 25.5. The molecule has 0 aliphatic heterocycles. The zero-order valence-corrected chi connectivity index (χ0v) is 8.75. The highest BCUT2D eigenvalue weighted by molar-refractivity contribution is 7.89. The van der Waals surface area contributed by atoms with Crippen molar-refractivity contribution < 1.29 is 8.42 Å². The molecule has 2 N–H and O–H groups in total. The average Bonchev–Trinajstić information content (AvgIpc) is 2.26. The lowest BCUT2D eigenvalue weighted by Crippen LogP contribution is -2.24. The molecular formula is C9H11N2O3S-. The molecule has 0 fully saturated rings. The van der Waals surface area contributed by atoms with Gasteiger partial charge in [-0.3, -0.25) is 0 Å². The number of sulfonamides is 1. The molecule has 0 aromatic heterocycles. The Morgan fingerprint density at radius 3 is 2.67 bits per heavy atom. The van der Waals surface area contributed by atoms with Crippen LogP contribution in [0.1, 0.15) is 0 Å². The van der Waals surface area contributed by atoms with Gasteiger partial charge >= 0.3 is 0 Å². The van der Waals surface area contributed by atoms with E-state index in [0.29, 0.717) is 0 Å². The van der Waals surface area contributed by atoms with E-state index in [4.69, 9.17) is 0 Å². The molecule has 0 aliphatic carbocycles. The fourth-order valence-corrected chi connectivity index (χ4v) is 2.18. The standard InChI is InChI=1S/C9H11N2O3S/c1-2-7-10-15(13,14)9-6-4-3-5-8(9)11-12/h2-6,10-11H,1,7H2/q-1. The van der Waals surface area contributed by atoms with Gasteiger partial charge in [0.1, 0.15) is 4.90 Å². The predicted molar refractivity (Wildman–Crippen MR) is 58.8 cm³/mol. The van der Waals surface area contributed by atoms with Crippen LogP contribution in [0.25, 0.3) is 0 Å². The van der Waals surface area contributed by atoms with Crippen LogP contribution in [0, 0.1) is 5.21 Å². The highest BCUT2D eigenvalue weighted by atomic mass is 32.2. The number of hydrogen-bond donors (Lipinski definition) is 2. The van der Waals surface area contributed by atoms with Crippen molar-refractivity contribution in [1.29, 1.82) is 0 Å². The maximum absolute atomic E-state index is 11.6. The molecule has 0 bridgehead atoms. The topological polar surface area (TPSA) is 81.3 Å². The summed E-state index contributed by atoms with van der Waals surface area (Å²) in [5, 5.41) is 10.5. The fraction of sp³-hybridized carbons (Fsp3) is 0.111. The molecule has 0 spiro atoms. The van der Waals surface area contributed by atoms with Gasteiger partial charge in [-0.15, -0.1) is 6.58 Å². The van der Waals surface area contributed by atoms with E-state index < -0.39 is 10.0 Å². The molecule has 6 heteroatoms. The van der Waals surface area contributed by atoms with Gasteiger partial charge in [0.15, 0.2) is 0 Å². The summed E-state index contributed by atoms with van der Waals surface area (Å²) in [6.07, 6.45) is 1.42. The van der Waals surface area contributed by atoms with E-state index in [1.54, 1.807) is 17.6 Å². The highest BCUT2D eigenvalue weighted by Gasteiger charge is 2.15. The van der Waals surface area contributed by atoms with Gasteiger partial charge in [0, 0.05) is 12.2 Å². The van der Waals surface area contributed by atoms with Crippen molar-refractivity contribution in [2.24, 2.45) is 0 Å². The second-order valence-electron chi connectivity index (χ2n) is 2.74. The maximum atomic E-state index is 11.6. The van der Waals surface area contributed by atoms with Gasteiger partial charge in [-0.05, 0) is 12.1 Å². The van der Waals surface area contributed by atoms with E-state index in [0.717, 1.165) is 0 Å². The molecule has 0 aliphatic rings. The summed E-state index contributed by atoms with van der Waals surface area (Å²) in [5.74, 6) is 0. The molecule has 0 saturated carbocycles. The van der Waals surface area contributed by atoms with Gasteiger partial charge in [0.2, 0.25) is 10.0 Å². The van der Waals surface area contributed by atoms with Gasteiger partial charge in [0.25, 0.3) is 0 Å². The van der Waals surface area contributed by atoms with Crippen molar-refractivity contribution in [3.05, 3.63) is 42.1 Å². The molecule has 1 rings (SSSR count). The molecule has 15 heavy (non-hydrogen) atoms. The minimum atomic E-state index is -3.65. The normalized spacial score (nSPS) is 11.0. The zero-order chi connectivity index (χ0) is 11.3. The minimum absolute atomic E-state index is 0.0223. The van der Waals surface area contributed by atoms with Gasteiger partial charge in [0.05, 0.1) is 0 Å². The summed E-state index contributed by atoms with van der Waals surface area (Å²) >= 11 is 0. The first-order valence-corrected chi connectivity index (χ1v) is 5.68. The lowest BCUT2D eigenvalue weighted by molar-refractivity contribution is 0.586. The summed E-state index contributed by atoms with van der Waals surface area (Å²) in [6.45, 7) is 3.52. The molecule has 1 aromatic rings. The molecule has 0 radical (unpaired) electrons. The molecule has 0 amide bonds. The predicted octanol–water partition coefficient (Wildman–Crippen LogP) is 1.06. The lowest BCUT2D eigenvalue weighted by atomic mass is 10.3. The first-order valence-electron chi connectivity index (χ1n) is 4.19. The van der Waals surface area contributed by atoms with E-state index in [2.05, 4.69) is 11.3 Å². The molecule has 0 atom stereocenters. The lowest BCUT2D eigenvalue weighted by Gasteiger charge is -2.14. The van der Waals surface area contributed by atoms with Crippen LogP contribution in [0.2, 0.25) is 0 Å². The Morgan fingerprint density at radius 2 is 2.07 bits per heavy atom. The third-order valence-electron chi connectivity index (χ3n) is 1.70.